The molecule has 3 aliphatic rings. The van der Waals surface area contributed by atoms with Gasteiger partial charge in [0.15, 0.2) is 0 Å². The van der Waals surface area contributed by atoms with Gasteiger partial charge in [-0.05, 0) is 130 Å². The number of anilines is 3. The van der Waals surface area contributed by atoms with Crippen molar-refractivity contribution in [2.24, 2.45) is 0 Å². The summed E-state index contributed by atoms with van der Waals surface area (Å²) in [6.45, 7) is 27.7. The standard InChI is InChI=1S/C71H67N/c1-44-16-28-50(29-17-44)69(51-30-18-45(2)19-31-51)58-14-13-15-59-64(58)72-65-60(69)40-56(67(7,8)9)42-62(65)71(54-36-24-48(5)25-37-54,55-38-26-49(6)27-39-55)63-43-57(68(10,11)12)41-61(66(63)72)70(59,52-32-20-46(3)21-33-52)53-34-22-47(4)23-35-53/h13-43H,1-12H3. The number of rotatable bonds is 6. The number of benzene rings is 9. The van der Waals surface area contributed by atoms with Crippen molar-refractivity contribution in [2.75, 3.05) is 4.90 Å². The molecule has 0 fully saturated rings. The highest BCUT2D eigenvalue weighted by Gasteiger charge is 2.60. The minimum atomic E-state index is -0.753. The summed E-state index contributed by atoms with van der Waals surface area (Å²) in [4.78, 5) is 2.79. The Bertz CT molecular complexity index is 3260. The van der Waals surface area contributed by atoms with Gasteiger partial charge in [-0.3, -0.25) is 0 Å². The van der Waals surface area contributed by atoms with E-state index in [1.54, 1.807) is 0 Å². The first-order valence-corrected chi connectivity index (χ1v) is 26.2. The van der Waals surface area contributed by atoms with E-state index < -0.39 is 16.2 Å². The topological polar surface area (TPSA) is 3.24 Å². The second-order valence-corrected chi connectivity index (χ2v) is 23.8. The van der Waals surface area contributed by atoms with Gasteiger partial charge in [-0.15, -0.1) is 0 Å². The molecule has 3 heterocycles. The number of hydrogen-bond donors (Lipinski definition) is 0. The molecule has 0 atom stereocenters. The Hall–Kier alpha value is -7.22. The van der Waals surface area contributed by atoms with Crippen LogP contribution in [0.2, 0.25) is 0 Å². The smallest absolute Gasteiger partial charge is 0.0742 e. The van der Waals surface area contributed by atoms with Crippen LogP contribution < -0.4 is 4.90 Å². The van der Waals surface area contributed by atoms with Gasteiger partial charge in [-0.1, -0.05) is 263 Å². The molecular weight excluding hydrogens is 867 g/mol. The predicted octanol–water partition coefficient (Wildman–Crippen LogP) is 17.7. The molecule has 0 bridgehead atoms. The predicted molar refractivity (Wildman–Crippen MR) is 303 cm³/mol. The van der Waals surface area contributed by atoms with Crippen LogP contribution in [0.25, 0.3) is 0 Å². The average molecular weight is 934 g/mol. The van der Waals surface area contributed by atoms with Crippen LogP contribution >= 0.6 is 0 Å². The second kappa shape index (κ2) is 15.9. The lowest BCUT2D eigenvalue weighted by atomic mass is 9.52. The van der Waals surface area contributed by atoms with Crippen LogP contribution in [0, 0.1) is 41.5 Å². The zero-order chi connectivity index (χ0) is 50.3. The van der Waals surface area contributed by atoms with Gasteiger partial charge >= 0.3 is 0 Å². The fraction of sp³-hybridized carbons (Fsp3) is 0.239. The van der Waals surface area contributed by atoms with Crippen LogP contribution in [-0.4, -0.2) is 0 Å². The van der Waals surface area contributed by atoms with Crippen molar-refractivity contribution >= 4 is 17.1 Å². The molecule has 0 aromatic heterocycles. The summed E-state index contributed by atoms with van der Waals surface area (Å²) >= 11 is 0. The van der Waals surface area contributed by atoms with E-state index in [0.717, 1.165) is 0 Å². The van der Waals surface area contributed by atoms with E-state index in [-0.39, 0.29) is 10.8 Å². The van der Waals surface area contributed by atoms with E-state index in [2.05, 4.69) is 276 Å². The van der Waals surface area contributed by atoms with Gasteiger partial charge in [0.1, 0.15) is 0 Å². The molecule has 0 aliphatic carbocycles. The Morgan fingerprint density at radius 3 is 0.667 bits per heavy atom. The maximum atomic E-state index is 2.79. The van der Waals surface area contributed by atoms with Crippen LogP contribution in [0.15, 0.2) is 188 Å². The van der Waals surface area contributed by atoms with Gasteiger partial charge < -0.3 is 4.90 Å². The van der Waals surface area contributed by atoms with Gasteiger partial charge in [0.25, 0.3) is 0 Å². The lowest BCUT2D eigenvalue weighted by Gasteiger charge is -2.59. The van der Waals surface area contributed by atoms with Crippen LogP contribution in [0.4, 0.5) is 17.1 Å². The third-order valence-corrected chi connectivity index (χ3v) is 17.0. The number of nitrogens with zero attached hydrogens (tertiary/aromatic N) is 1. The van der Waals surface area contributed by atoms with Crippen molar-refractivity contribution in [1.29, 1.82) is 0 Å². The largest absolute Gasteiger partial charge is 0.308 e. The van der Waals surface area contributed by atoms with Gasteiger partial charge in [0, 0.05) is 0 Å². The highest BCUT2D eigenvalue weighted by Crippen LogP contribution is 2.72. The molecule has 72 heavy (non-hydrogen) atoms. The molecule has 0 N–H and O–H groups in total. The summed E-state index contributed by atoms with van der Waals surface area (Å²) in [7, 11) is 0. The second-order valence-electron chi connectivity index (χ2n) is 23.8. The van der Waals surface area contributed by atoms with Crippen molar-refractivity contribution in [3.8, 4) is 0 Å². The molecule has 0 radical (unpaired) electrons. The van der Waals surface area contributed by atoms with Crippen molar-refractivity contribution in [1.82, 2.24) is 0 Å². The van der Waals surface area contributed by atoms with Crippen molar-refractivity contribution < 1.29 is 0 Å². The van der Waals surface area contributed by atoms with Gasteiger partial charge in [0.05, 0.1) is 33.3 Å². The molecule has 3 aliphatic heterocycles. The molecular formula is C71H67N. The zero-order valence-corrected chi connectivity index (χ0v) is 44.3. The summed E-state index contributed by atoms with van der Waals surface area (Å²) in [6.07, 6.45) is 0. The van der Waals surface area contributed by atoms with Crippen molar-refractivity contribution in [3.63, 3.8) is 0 Å². The minimum absolute atomic E-state index is 0.196. The SMILES string of the molecule is Cc1ccc(C2(c3ccc(C)cc3)c3cccc4c3N3c5c2cc(C(C)(C)C)cc5C(c2ccc(C)cc2)(c2ccc(C)cc2)c2cc(C(C)(C)C)cc(c23)C4(c2ccc(C)cc2)c2ccc(C)cc2)cc1. The van der Waals surface area contributed by atoms with E-state index in [1.165, 1.54) is 128 Å². The Morgan fingerprint density at radius 2 is 0.458 bits per heavy atom. The quantitative estimate of drug-likeness (QED) is 0.161. The molecule has 356 valence electrons. The maximum Gasteiger partial charge on any atom is 0.0742 e. The lowest BCUT2D eigenvalue weighted by Crippen LogP contribution is -2.49. The third-order valence-electron chi connectivity index (χ3n) is 17.0. The summed E-state index contributed by atoms with van der Waals surface area (Å²) < 4.78 is 0. The van der Waals surface area contributed by atoms with Crippen LogP contribution in [-0.2, 0) is 27.1 Å². The first kappa shape index (κ1) is 45.9. The Kier molecular flexibility index (Phi) is 10.1. The molecule has 9 aromatic rings. The summed E-state index contributed by atoms with van der Waals surface area (Å²) in [5.41, 5.74) is 26.9. The first-order valence-electron chi connectivity index (χ1n) is 26.2. The molecule has 0 spiro atoms. The number of para-hydroxylation sites is 1. The van der Waals surface area contributed by atoms with Gasteiger partial charge in [0.2, 0.25) is 0 Å². The third kappa shape index (κ3) is 6.32. The lowest BCUT2D eigenvalue weighted by molar-refractivity contribution is 0.574. The maximum absolute atomic E-state index is 2.79. The van der Waals surface area contributed by atoms with E-state index in [9.17, 15) is 0 Å². The van der Waals surface area contributed by atoms with Gasteiger partial charge in [-0.25, -0.2) is 0 Å². The molecule has 0 saturated carbocycles. The van der Waals surface area contributed by atoms with E-state index >= 15 is 0 Å². The fourth-order valence-electron chi connectivity index (χ4n) is 13.1. The van der Waals surface area contributed by atoms with E-state index in [4.69, 9.17) is 0 Å². The molecule has 1 heteroatoms. The van der Waals surface area contributed by atoms with E-state index in [0.29, 0.717) is 0 Å². The molecule has 0 unspecified atom stereocenters. The van der Waals surface area contributed by atoms with Crippen LogP contribution in [0.5, 0.6) is 0 Å². The number of aryl methyl sites for hydroxylation is 6. The summed E-state index contributed by atoms with van der Waals surface area (Å²) in [6, 6.07) is 75.2. The Balaban J connectivity index is 1.44. The van der Waals surface area contributed by atoms with Crippen molar-refractivity contribution in [3.05, 3.63) is 299 Å². The van der Waals surface area contributed by atoms with Crippen LogP contribution in [0.3, 0.4) is 0 Å². The molecule has 1 nitrogen and oxygen atoms in total. The highest BCUT2D eigenvalue weighted by atomic mass is 15.2. The molecule has 0 saturated heterocycles. The average Bonchev–Trinajstić information content (AvgIpc) is 3.36. The summed E-state index contributed by atoms with van der Waals surface area (Å²) in [5, 5.41) is 0. The van der Waals surface area contributed by atoms with Gasteiger partial charge in [-0.2, -0.15) is 0 Å². The minimum Gasteiger partial charge on any atom is -0.308 e. The Labute approximate surface area is 429 Å². The first-order chi connectivity index (χ1) is 34.4. The molecule has 0 amide bonds. The van der Waals surface area contributed by atoms with Crippen LogP contribution in [0.1, 0.15) is 153 Å². The fourth-order valence-corrected chi connectivity index (χ4v) is 13.1. The summed E-state index contributed by atoms with van der Waals surface area (Å²) in [5.74, 6) is 0. The van der Waals surface area contributed by atoms with E-state index in [1.807, 2.05) is 0 Å². The zero-order valence-electron chi connectivity index (χ0n) is 44.3. The normalized spacial score (nSPS) is 15.5. The Morgan fingerprint density at radius 1 is 0.264 bits per heavy atom. The molecule has 12 rings (SSSR count). The highest BCUT2D eigenvalue weighted by molar-refractivity contribution is 6.03. The monoisotopic (exact) mass is 934 g/mol. The molecule has 9 aromatic carbocycles. The van der Waals surface area contributed by atoms with Crippen molar-refractivity contribution in [2.45, 2.75) is 110 Å². The number of hydrogen-bond acceptors (Lipinski definition) is 1.